The van der Waals surface area contributed by atoms with Crippen LogP contribution < -0.4 is 4.90 Å². The van der Waals surface area contributed by atoms with E-state index in [1.54, 1.807) is 12.1 Å². The zero-order chi connectivity index (χ0) is 13.2. The van der Waals surface area contributed by atoms with Crippen molar-refractivity contribution in [3.8, 4) is 0 Å². The van der Waals surface area contributed by atoms with Gasteiger partial charge in [-0.1, -0.05) is 24.3 Å². The summed E-state index contributed by atoms with van der Waals surface area (Å²) in [5, 5.41) is 9.04. The third-order valence-electron chi connectivity index (χ3n) is 3.60. The molecule has 98 valence electrons. The van der Waals surface area contributed by atoms with E-state index in [0.29, 0.717) is 11.3 Å². The van der Waals surface area contributed by atoms with Gasteiger partial charge < -0.3 is 10.0 Å². The maximum Gasteiger partial charge on any atom is 0.147 e. The molecule has 0 spiro atoms. The van der Waals surface area contributed by atoms with Crippen LogP contribution in [0.4, 0.5) is 15.8 Å². The van der Waals surface area contributed by atoms with Crippen molar-refractivity contribution in [3.05, 3.63) is 59.4 Å². The molecule has 3 rings (SSSR count). The van der Waals surface area contributed by atoms with E-state index in [9.17, 15) is 4.39 Å². The first-order chi connectivity index (χ1) is 9.29. The molecule has 1 N–H and O–H groups in total. The molecule has 0 aliphatic carbocycles. The highest BCUT2D eigenvalue weighted by Crippen LogP contribution is 2.34. The minimum Gasteiger partial charge on any atom is -0.392 e. The first kappa shape index (κ1) is 12.2. The lowest BCUT2D eigenvalue weighted by atomic mass is 10.0. The molecule has 1 aliphatic heterocycles. The van der Waals surface area contributed by atoms with Crippen molar-refractivity contribution in [1.82, 2.24) is 0 Å². The number of fused-ring (bicyclic) bond motifs is 1. The predicted molar refractivity (Wildman–Crippen MR) is 74.1 cm³/mol. The third kappa shape index (κ3) is 2.22. The summed E-state index contributed by atoms with van der Waals surface area (Å²) in [6, 6.07) is 13.1. The van der Waals surface area contributed by atoms with Crippen LogP contribution in [0.1, 0.15) is 17.5 Å². The Morgan fingerprint density at radius 1 is 1.11 bits per heavy atom. The highest BCUT2D eigenvalue weighted by Gasteiger charge is 2.20. The maximum absolute atomic E-state index is 14.2. The van der Waals surface area contributed by atoms with Crippen molar-refractivity contribution in [1.29, 1.82) is 0 Å². The smallest absolute Gasteiger partial charge is 0.147 e. The fourth-order valence-electron chi connectivity index (χ4n) is 2.65. The molecule has 1 aliphatic rings. The molecular formula is C16H16FNO. The van der Waals surface area contributed by atoms with Gasteiger partial charge in [0.05, 0.1) is 12.3 Å². The van der Waals surface area contributed by atoms with Gasteiger partial charge in [-0.3, -0.25) is 0 Å². The molecule has 0 aromatic heterocycles. The summed E-state index contributed by atoms with van der Waals surface area (Å²) in [6.07, 6.45) is 2.07. The van der Waals surface area contributed by atoms with Gasteiger partial charge >= 0.3 is 0 Å². The number of para-hydroxylation sites is 1. The van der Waals surface area contributed by atoms with Gasteiger partial charge in [0.1, 0.15) is 5.82 Å². The molecule has 2 nitrogen and oxygen atoms in total. The van der Waals surface area contributed by atoms with Gasteiger partial charge in [-0.15, -0.1) is 0 Å². The highest BCUT2D eigenvalue weighted by atomic mass is 19.1. The molecule has 1 heterocycles. The van der Waals surface area contributed by atoms with Crippen LogP contribution in [0.25, 0.3) is 0 Å². The highest BCUT2D eigenvalue weighted by molar-refractivity contribution is 5.68. The summed E-state index contributed by atoms with van der Waals surface area (Å²) in [6.45, 7) is 0.695. The molecule has 0 saturated heterocycles. The van der Waals surface area contributed by atoms with Gasteiger partial charge in [-0.25, -0.2) is 4.39 Å². The summed E-state index contributed by atoms with van der Waals surface area (Å²) in [5.41, 5.74) is 3.54. The molecule has 2 aromatic carbocycles. The second-order valence-corrected chi connectivity index (χ2v) is 4.83. The third-order valence-corrected chi connectivity index (χ3v) is 3.60. The zero-order valence-corrected chi connectivity index (χ0v) is 10.6. The molecule has 0 saturated carbocycles. The van der Waals surface area contributed by atoms with Crippen molar-refractivity contribution >= 4 is 11.4 Å². The summed E-state index contributed by atoms with van der Waals surface area (Å²) in [5.74, 6) is -0.275. The Balaban J connectivity index is 2.04. The predicted octanol–water partition coefficient (Wildman–Crippen LogP) is 3.40. The number of aliphatic hydroxyl groups excluding tert-OH is 1. The van der Waals surface area contributed by atoms with Gasteiger partial charge in [-0.05, 0) is 42.2 Å². The van der Waals surface area contributed by atoms with E-state index in [-0.39, 0.29) is 12.4 Å². The van der Waals surface area contributed by atoms with Crippen LogP contribution in [0, 0.1) is 5.82 Å². The summed E-state index contributed by atoms with van der Waals surface area (Å²) in [7, 11) is 0. The molecule has 19 heavy (non-hydrogen) atoms. The normalized spacial score (nSPS) is 14.3. The number of hydrogen-bond acceptors (Lipinski definition) is 2. The first-order valence-corrected chi connectivity index (χ1v) is 6.54. The van der Waals surface area contributed by atoms with Crippen LogP contribution in [0.5, 0.6) is 0 Å². The van der Waals surface area contributed by atoms with E-state index >= 15 is 0 Å². The van der Waals surface area contributed by atoms with Crippen LogP contribution in [0.3, 0.4) is 0 Å². The molecule has 0 bridgehead atoms. The number of halogens is 1. The minimum absolute atomic E-state index is 0.131. The zero-order valence-electron chi connectivity index (χ0n) is 10.6. The minimum atomic E-state index is -0.275. The van der Waals surface area contributed by atoms with E-state index in [1.165, 1.54) is 11.6 Å². The molecule has 0 amide bonds. The van der Waals surface area contributed by atoms with Gasteiger partial charge in [0.25, 0.3) is 0 Å². The Morgan fingerprint density at radius 3 is 2.74 bits per heavy atom. The Morgan fingerprint density at radius 2 is 1.95 bits per heavy atom. The molecule has 3 heteroatoms. The van der Waals surface area contributed by atoms with Crippen molar-refractivity contribution < 1.29 is 9.50 Å². The number of aliphatic hydroxyl groups is 1. The molecule has 0 fully saturated rings. The lowest BCUT2D eigenvalue weighted by Crippen LogP contribution is -2.25. The second kappa shape index (κ2) is 5.02. The quantitative estimate of drug-likeness (QED) is 0.891. The van der Waals surface area contributed by atoms with Crippen LogP contribution in [-0.2, 0) is 13.0 Å². The van der Waals surface area contributed by atoms with Crippen molar-refractivity contribution in [2.24, 2.45) is 0 Å². The number of anilines is 2. The Hall–Kier alpha value is -1.87. The average Bonchev–Trinajstić information content (AvgIpc) is 2.46. The van der Waals surface area contributed by atoms with Gasteiger partial charge in [0.2, 0.25) is 0 Å². The number of rotatable bonds is 2. The maximum atomic E-state index is 14.2. The first-order valence-electron chi connectivity index (χ1n) is 6.54. The molecular weight excluding hydrogens is 241 g/mol. The van der Waals surface area contributed by atoms with E-state index in [0.717, 1.165) is 25.1 Å². The Kier molecular flexibility index (Phi) is 3.22. The van der Waals surface area contributed by atoms with Crippen molar-refractivity contribution in [2.75, 3.05) is 11.4 Å². The van der Waals surface area contributed by atoms with E-state index in [1.807, 2.05) is 23.1 Å². The second-order valence-electron chi connectivity index (χ2n) is 4.83. The summed E-state index contributed by atoms with van der Waals surface area (Å²) >= 11 is 0. The van der Waals surface area contributed by atoms with Crippen LogP contribution in [0.2, 0.25) is 0 Å². The number of benzene rings is 2. The van der Waals surface area contributed by atoms with E-state index in [2.05, 4.69) is 6.07 Å². The number of nitrogens with zero attached hydrogens (tertiary/aromatic N) is 1. The van der Waals surface area contributed by atoms with Gasteiger partial charge in [0.15, 0.2) is 0 Å². The molecule has 0 atom stereocenters. The van der Waals surface area contributed by atoms with Gasteiger partial charge in [-0.2, -0.15) is 0 Å². The molecule has 0 unspecified atom stereocenters. The van der Waals surface area contributed by atoms with E-state index < -0.39 is 0 Å². The summed E-state index contributed by atoms with van der Waals surface area (Å²) in [4.78, 5) is 2.02. The van der Waals surface area contributed by atoms with Crippen LogP contribution in [-0.4, -0.2) is 11.7 Å². The fraction of sp³-hybridized carbons (Fsp3) is 0.250. The Labute approximate surface area is 112 Å². The van der Waals surface area contributed by atoms with Crippen LogP contribution >= 0.6 is 0 Å². The SMILES string of the molecule is OCc1ccc(N2CCCc3ccccc32)c(F)c1. The lowest BCUT2D eigenvalue weighted by Gasteiger charge is -2.31. The number of hydrogen-bond donors (Lipinski definition) is 1. The molecule has 0 radical (unpaired) electrons. The average molecular weight is 257 g/mol. The lowest BCUT2D eigenvalue weighted by molar-refractivity contribution is 0.281. The Bertz CT molecular complexity index is 597. The van der Waals surface area contributed by atoms with E-state index in [4.69, 9.17) is 5.11 Å². The fourth-order valence-corrected chi connectivity index (χ4v) is 2.65. The summed E-state index contributed by atoms with van der Waals surface area (Å²) < 4.78 is 14.2. The topological polar surface area (TPSA) is 23.5 Å². The van der Waals surface area contributed by atoms with Crippen LogP contribution in [0.15, 0.2) is 42.5 Å². The standard InChI is InChI=1S/C16H16FNO/c17-14-10-12(11-19)7-8-16(14)18-9-3-5-13-4-1-2-6-15(13)18/h1-2,4,6-8,10,19H,3,5,9,11H2. The van der Waals surface area contributed by atoms with Crippen molar-refractivity contribution in [2.45, 2.75) is 19.4 Å². The molecule has 2 aromatic rings. The number of aryl methyl sites for hydroxylation is 1. The van der Waals surface area contributed by atoms with Gasteiger partial charge in [0, 0.05) is 12.2 Å². The van der Waals surface area contributed by atoms with Crippen molar-refractivity contribution in [3.63, 3.8) is 0 Å². The monoisotopic (exact) mass is 257 g/mol. The largest absolute Gasteiger partial charge is 0.392 e.